The second-order valence-electron chi connectivity index (χ2n) is 6.34. The fourth-order valence-corrected chi connectivity index (χ4v) is 2.53. The van der Waals surface area contributed by atoms with Crippen molar-refractivity contribution in [2.75, 3.05) is 0 Å². The van der Waals surface area contributed by atoms with Gasteiger partial charge in [0.25, 0.3) is 0 Å². The summed E-state index contributed by atoms with van der Waals surface area (Å²) in [5.41, 5.74) is 2.46. The largest absolute Gasteiger partial charge is 0.507 e. The maximum Gasteiger partial charge on any atom is 0.124 e. The lowest BCUT2D eigenvalue weighted by atomic mass is 9.80. The summed E-state index contributed by atoms with van der Waals surface area (Å²) in [4.78, 5) is 0. The molecule has 0 aromatic heterocycles. The van der Waals surface area contributed by atoms with Crippen LogP contribution in [0.4, 0.5) is 0 Å². The van der Waals surface area contributed by atoms with Crippen LogP contribution in [-0.4, -0.2) is 16.0 Å². The summed E-state index contributed by atoms with van der Waals surface area (Å²) in [5, 5.41) is 21.8. The molecule has 0 saturated carbocycles. The summed E-state index contributed by atoms with van der Waals surface area (Å²) in [5.74, 6) is 0.160. The molecule has 0 radical (unpaired) electrons. The molecule has 3 heteroatoms. The second kappa shape index (κ2) is 7.32. The number of oxime groups is 1. The molecule has 20 heavy (non-hydrogen) atoms. The van der Waals surface area contributed by atoms with Crippen LogP contribution >= 0.6 is 0 Å². The highest BCUT2D eigenvalue weighted by molar-refractivity contribution is 6.00. The first-order chi connectivity index (χ1) is 9.39. The monoisotopic (exact) mass is 277 g/mol. The Labute approximate surface area is 122 Å². The molecule has 0 aliphatic rings. The highest BCUT2D eigenvalue weighted by atomic mass is 16.4. The van der Waals surface area contributed by atoms with E-state index in [1.807, 2.05) is 12.1 Å². The Bertz CT molecular complexity index is 464. The Hall–Kier alpha value is -1.51. The van der Waals surface area contributed by atoms with E-state index in [1.165, 1.54) is 31.2 Å². The summed E-state index contributed by atoms with van der Waals surface area (Å²) >= 11 is 0. The molecule has 2 N–H and O–H groups in total. The third-order valence-corrected chi connectivity index (χ3v) is 3.74. The number of aromatic hydroxyl groups is 1. The van der Waals surface area contributed by atoms with Crippen molar-refractivity contribution in [1.82, 2.24) is 0 Å². The minimum absolute atomic E-state index is 0.160. The molecule has 112 valence electrons. The van der Waals surface area contributed by atoms with Gasteiger partial charge in [-0.25, -0.2) is 0 Å². The van der Waals surface area contributed by atoms with Crippen molar-refractivity contribution in [3.8, 4) is 5.75 Å². The van der Waals surface area contributed by atoms with Crippen LogP contribution in [0, 0.1) is 5.41 Å². The van der Waals surface area contributed by atoms with Gasteiger partial charge in [0, 0.05) is 5.56 Å². The molecule has 0 heterocycles. The fraction of sp³-hybridized carbons (Fsp3) is 0.588. The van der Waals surface area contributed by atoms with Crippen LogP contribution in [0.2, 0.25) is 0 Å². The topological polar surface area (TPSA) is 52.8 Å². The molecular formula is C17H27NO2. The fourth-order valence-electron chi connectivity index (χ4n) is 2.53. The van der Waals surface area contributed by atoms with Gasteiger partial charge in [-0.1, -0.05) is 51.3 Å². The number of phenols is 1. The van der Waals surface area contributed by atoms with E-state index in [0.29, 0.717) is 11.3 Å². The average molecular weight is 277 g/mol. The summed E-state index contributed by atoms with van der Waals surface area (Å²) in [7, 11) is 0. The first-order valence-corrected chi connectivity index (χ1v) is 7.40. The summed E-state index contributed by atoms with van der Waals surface area (Å²) in [6, 6.07) is 5.55. The maximum absolute atomic E-state index is 9.82. The predicted octanol–water partition coefficient (Wildman–Crippen LogP) is 4.74. The minimum Gasteiger partial charge on any atom is -0.507 e. The summed E-state index contributed by atoms with van der Waals surface area (Å²) in [6.45, 7) is 8.46. The highest BCUT2D eigenvalue weighted by Crippen LogP contribution is 2.30. The van der Waals surface area contributed by atoms with Crippen LogP contribution in [0.25, 0.3) is 0 Å². The average Bonchev–Trinajstić information content (AvgIpc) is 2.40. The van der Waals surface area contributed by atoms with Crippen LogP contribution < -0.4 is 0 Å². The number of rotatable bonds is 7. The smallest absolute Gasteiger partial charge is 0.124 e. The molecule has 0 atom stereocenters. The zero-order valence-electron chi connectivity index (χ0n) is 13.1. The number of benzene rings is 1. The van der Waals surface area contributed by atoms with Crippen molar-refractivity contribution >= 4 is 5.71 Å². The molecule has 1 aromatic rings. The van der Waals surface area contributed by atoms with Crippen molar-refractivity contribution in [2.45, 2.75) is 59.8 Å². The van der Waals surface area contributed by atoms with Gasteiger partial charge in [0.2, 0.25) is 0 Å². The van der Waals surface area contributed by atoms with Gasteiger partial charge in [-0.2, -0.15) is 0 Å². The zero-order chi connectivity index (χ0) is 15.2. The van der Waals surface area contributed by atoms with Crippen molar-refractivity contribution in [3.63, 3.8) is 0 Å². The van der Waals surface area contributed by atoms with Crippen molar-refractivity contribution in [3.05, 3.63) is 29.3 Å². The molecule has 0 aliphatic heterocycles. The Morgan fingerprint density at radius 2 is 1.95 bits per heavy atom. The van der Waals surface area contributed by atoms with Crippen LogP contribution in [0.3, 0.4) is 0 Å². The predicted molar refractivity (Wildman–Crippen MR) is 83.7 cm³/mol. The standard InChI is InChI=1S/C17H27NO2/c1-5-6-7-10-17(3,4)12-14-8-9-16(19)15(11-14)13(2)18-20/h8-9,11,19-20H,5-7,10,12H2,1-4H3. The van der Waals surface area contributed by atoms with E-state index in [2.05, 4.69) is 25.9 Å². The molecule has 1 aromatic carbocycles. The Kier molecular flexibility index (Phi) is 6.05. The van der Waals surface area contributed by atoms with E-state index in [1.54, 1.807) is 13.0 Å². The first kappa shape index (κ1) is 16.5. The Morgan fingerprint density at radius 3 is 2.55 bits per heavy atom. The quantitative estimate of drug-likeness (QED) is 0.327. The Balaban J connectivity index is 2.82. The van der Waals surface area contributed by atoms with Gasteiger partial charge >= 0.3 is 0 Å². The molecule has 0 spiro atoms. The van der Waals surface area contributed by atoms with E-state index in [9.17, 15) is 5.11 Å². The van der Waals surface area contributed by atoms with E-state index < -0.39 is 0 Å². The molecule has 0 saturated heterocycles. The lowest BCUT2D eigenvalue weighted by molar-refractivity contribution is 0.317. The molecule has 0 amide bonds. The van der Waals surface area contributed by atoms with Crippen molar-refractivity contribution in [1.29, 1.82) is 0 Å². The summed E-state index contributed by atoms with van der Waals surface area (Å²) in [6.07, 6.45) is 5.94. The lowest BCUT2D eigenvalue weighted by Gasteiger charge is -2.25. The molecule has 0 fully saturated rings. The van der Waals surface area contributed by atoms with E-state index in [4.69, 9.17) is 5.21 Å². The van der Waals surface area contributed by atoms with Gasteiger partial charge in [-0.3, -0.25) is 0 Å². The molecule has 0 aliphatic carbocycles. The molecule has 0 unspecified atom stereocenters. The number of hydrogen-bond acceptors (Lipinski definition) is 3. The molecular weight excluding hydrogens is 250 g/mol. The van der Waals surface area contributed by atoms with Gasteiger partial charge in [-0.05, 0) is 42.9 Å². The lowest BCUT2D eigenvalue weighted by Crippen LogP contribution is -2.15. The normalized spacial score (nSPS) is 12.7. The first-order valence-electron chi connectivity index (χ1n) is 7.40. The summed E-state index contributed by atoms with van der Waals surface area (Å²) < 4.78 is 0. The van der Waals surface area contributed by atoms with Crippen LogP contribution in [0.15, 0.2) is 23.4 Å². The third kappa shape index (κ3) is 4.87. The number of nitrogens with zero attached hydrogens (tertiary/aromatic N) is 1. The second-order valence-corrected chi connectivity index (χ2v) is 6.34. The van der Waals surface area contributed by atoms with Crippen LogP contribution in [0.5, 0.6) is 5.75 Å². The van der Waals surface area contributed by atoms with Crippen molar-refractivity contribution in [2.24, 2.45) is 10.6 Å². The molecule has 0 bridgehead atoms. The van der Waals surface area contributed by atoms with Gasteiger partial charge < -0.3 is 10.3 Å². The highest BCUT2D eigenvalue weighted by Gasteiger charge is 2.19. The van der Waals surface area contributed by atoms with Crippen molar-refractivity contribution < 1.29 is 10.3 Å². The number of hydrogen-bond donors (Lipinski definition) is 2. The van der Waals surface area contributed by atoms with Gasteiger partial charge in [0.15, 0.2) is 0 Å². The Morgan fingerprint density at radius 1 is 1.25 bits per heavy atom. The number of phenolic OH excluding ortho intramolecular Hbond substituents is 1. The molecule has 1 rings (SSSR count). The zero-order valence-corrected chi connectivity index (χ0v) is 13.1. The van der Waals surface area contributed by atoms with Crippen LogP contribution in [0.1, 0.15) is 64.5 Å². The minimum atomic E-state index is 0.160. The third-order valence-electron chi connectivity index (χ3n) is 3.74. The van der Waals surface area contributed by atoms with Crippen LogP contribution in [-0.2, 0) is 6.42 Å². The van der Waals surface area contributed by atoms with Gasteiger partial charge in [-0.15, -0.1) is 0 Å². The maximum atomic E-state index is 9.82. The van der Waals surface area contributed by atoms with Gasteiger partial charge in [0.05, 0.1) is 5.71 Å². The van der Waals surface area contributed by atoms with Gasteiger partial charge in [0.1, 0.15) is 5.75 Å². The molecule has 3 nitrogen and oxygen atoms in total. The number of unbranched alkanes of at least 4 members (excludes halogenated alkanes) is 2. The van der Waals surface area contributed by atoms with E-state index in [-0.39, 0.29) is 11.2 Å². The SMILES string of the molecule is CCCCCC(C)(C)Cc1ccc(O)c(C(C)=NO)c1. The van der Waals surface area contributed by atoms with E-state index in [0.717, 1.165) is 6.42 Å². The van der Waals surface area contributed by atoms with E-state index >= 15 is 0 Å².